The van der Waals surface area contributed by atoms with Gasteiger partial charge in [-0.25, -0.2) is 0 Å². The van der Waals surface area contributed by atoms with Crippen LogP contribution in [0.15, 0.2) is 59.1 Å². The highest BCUT2D eigenvalue weighted by Gasteiger charge is 2.40. The Morgan fingerprint density at radius 3 is 2.41 bits per heavy atom. The number of hydrogen-bond donors (Lipinski definition) is 1. The molecule has 0 unspecified atom stereocenters. The number of primary amides is 1. The van der Waals surface area contributed by atoms with Crippen molar-refractivity contribution < 1.29 is 9.59 Å². The van der Waals surface area contributed by atoms with E-state index in [0.29, 0.717) is 17.1 Å². The molecule has 5 nitrogen and oxygen atoms in total. The lowest BCUT2D eigenvalue weighted by Crippen LogP contribution is -2.31. The van der Waals surface area contributed by atoms with Crippen LogP contribution in [0.1, 0.15) is 11.1 Å². The third-order valence-electron chi connectivity index (χ3n) is 4.15. The van der Waals surface area contributed by atoms with Gasteiger partial charge in [-0.15, -0.1) is 0 Å². The molecular weight excluding hydrogens is 382 g/mol. The number of carbonyl (C=O) groups excluding carboxylic acids is 2. The minimum absolute atomic E-state index is 0.202. The quantitative estimate of drug-likeness (QED) is 0.631. The van der Waals surface area contributed by atoms with Crippen LogP contribution in [0.25, 0.3) is 0 Å². The van der Waals surface area contributed by atoms with E-state index in [0.717, 1.165) is 11.1 Å². The number of carbonyl (C=O) groups is 2. The number of nitrogens with two attached hydrogens (primary N) is 1. The van der Waals surface area contributed by atoms with E-state index in [1.165, 1.54) is 16.7 Å². The van der Waals surface area contributed by atoms with Crippen LogP contribution in [0.2, 0.25) is 5.02 Å². The van der Waals surface area contributed by atoms with Crippen molar-refractivity contribution in [1.29, 1.82) is 5.26 Å². The fourth-order valence-corrected chi connectivity index (χ4v) is 4.21. The van der Waals surface area contributed by atoms with Crippen LogP contribution in [0.3, 0.4) is 0 Å². The molecule has 0 aliphatic carbocycles. The fourth-order valence-electron chi connectivity index (χ4n) is 2.76. The lowest BCUT2D eigenvalue weighted by atomic mass is 10.1. The summed E-state index contributed by atoms with van der Waals surface area (Å²) in [5.74, 6) is -1.06. The van der Waals surface area contributed by atoms with E-state index in [9.17, 15) is 14.9 Å². The molecule has 2 amide bonds. The molecule has 27 heavy (non-hydrogen) atoms. The van der Waals surface area contributed by atoms with Crippen molar-refractivity contribution in [1.82, 2.24) is 0 Å². The van der Waals surface area contributed by atoms with Crippen molar-refractivity contribution in [2.45, 2.75) is 18.6 Å². The highest BCUT2D eigenvalue weighted by molar-refractivity contribution is 8.05. The van der Waals surface area contributed by atoms with Crippen LogP contribution in [0.4, 0.5) is 5.69 Å². The fraction of sp³-hybridized carbons (Fsp3) is 0.150. The van der Waals surface area contributed by atoms with Gasteiger partial charge < -0.3 is 5.73 Å². The average molecular weight is 398 g/mol. The smallest absolute Gasteiger partial charge is 0.262 e. The van der Waals surface area contributed by atoms with Gasteiger partial charge in [0.05, 0.1) is 5.25 Å². The maximum absolute atomic E-state index is 13.1. The van der Waals surface area contributed by atoms with E-state index in [2.05, 4.69) is 0 Å². The standard InChI is InChI=1S/C20H16ClN3O2S/c1-12-2-4-13(5-3-12)10-17-19(26)24(15-8-6-14(21)7-9-15)20(27-17)16(11-22)18(23)25/h2-9,17H,10H2,1H3,(H2,23,25)/b20-16+/t17-/m1/s1. The summed E-state index contributed by atoms with van der Waals surface area (Å²) in [6.07, 6.45) is 0.481. The molecule has 1 heterocycles. The molecule has 0 aromatic heterocycles. The Hall–Kier alpha value is -2.75. The van der Waals surface area contributed by atoms with Gasteiger partial charge in [-0.1, -0.05) is 53.2 Å². The molecule has 3 rings (SSSR count). The highest BCUT2D eigenvalue weighted by Crippen LogP contribution is 2.42. The molecule has 1 aliphatic heterocycles. The first-order chi connectivity index (χ1) is 12.9. The van der Waals surface area contributed by atoms with E-state index in [1.54, 1.807) is 24.3 Å². The number of amides is 2. The topological polar surface area (TPSA) is 87.2 Å². The lowest BCUT2D eigenvalue weighted by Gasteiger charge is -2.18. The predicted octanol–water partition coefficient (Wildman–Crippen LogP) is 3.56. The van der Waals surface area contributed by atoms with Crippen LogP contribution >= 0.6 is 23.4 Å². The first kappa shape index (κ1) is 19.0. The molecule has 0 radical (unpaired) electrons. The van der Waals surface area contributed by atoms with Crippen LogP contribution in [0, 0.1) is 18.3 Å². The number of nitrogens with zero attached hydrogens (tertiary/aromatic N) is 2. The molecule has 2 aromatic carbocycles. The maximum atomic E-state index is 13.1. The first-order valence-electron chi connectivity index (χ1n) is 8.16. The van der Waals surface area contributed by atoms with Crippen molar-refractivity contribution in [3.63, 3.8) is 0 Å². The number of anilines is 1. The van der Waals surface area contributed by atoms with E-state index in [1.807, 2.05) is 37.3 Å². The summed E-state index contributed by atoms with van der Waals surface area (Å²) in [6.45, 7) is 1.99. The first-order valence-corrected chi connectivity index (χ1v) is 9.42. The highest BCUT2D eigenvalue weighted by atomic mass is 35.5. The molecule has 7 heteroatoms. The summed E-state index contributed by atoms with van der Waals surface area (Å²) in [5.41, 5.74) is 7.80. The van der Waals surface area contributed by atoms with Gasteiger partial charge in [0.2, 0.25) is 5.91 Å². The van der Waals surface area contributed by atoms with Crippen LogP contribution in [0.5, 0.6) is 0 Å². The Morgan fingerprint density at radius 2 is 1.85 bits per heavy atom. The minimum atomic E-state index is -0.859. The number of nitriles is 1. The SMILES string of the molecule is Cc1ccc(C[C@H]2S/C(=C(\C#N)C(N)=O)N(c3ccc(Cl)cc3)C2=O)cc1. The van der Waals surface area contributed by atoms with Gasteiger partial charge in [0.1, 0.15) is 16.7 Å². The maximum Gasteiger partial charge on any atom is 0.262 e. The van der Waals surface area contributed by atoms with Crippen LogP contribution in [-0.4, -0.2) is 17.1 Å². The molecule has 2 aromatic rings. The lowest BCUT2D eigenvalue weighted by molar-refractivity contribution is -0.117. The molecule has 2 N–H and O–H groups in total. The van der Waals surface area contributed by atoms with Crippen molar-refractivity contribution in [3.05, 3.63) is 75.3 Å². The Kier molecular flexibility index (Phi) is 5.54. The van der Waals surface area contributed by atoms with Crippen molar-refractivity contribution in [2.75, 3.05) is 4.90 Å². The zero-order valence-electron chi connectivity index (χ0n) is 14.5. The molecular formula is C20H16ClN3O2S. The van der Waals surface area contributed by atoms with E-state index in [4.69, 9.17) is 17.3 Å². The molecule has 1 saturated heterocycles. The largest absolute Gasteiger partial charge is 0.365 e. The zero-order valence-corrected chi connectivity index (χ0v) is 16.1. The van der Waals surface area contributed by atoms with Crippen LogP contribution in [-0.2, 0) is 16.0 Å². The summed E-state index contributed by atoms with van der Waals surface area (Å²) >= 11 is 7.12. The number of hydrogen-bond acceptors (Lipinski definition) is 4. The number of aryl methyl sites for hydroxylation is 1. The van der Waals surface area contributed by atoms with E-state index >= 15 is 0 Å². The second-order valence-electron chi connectivity index (χ2n) is 6.10. The molecule has 136 valence electrons. The summed E-state index contributed by atoms with van der Waals surface area (Å²) in [5, 5.41) is 9.70. The van der Waals surface area contributed by atoms with E-state index in [-0.39, 0.29) is 16.5 Å². The molecule has 1 aliphatic rings. The number of halogens is 1. The summed E-state index contributed by atoms with van der Waals surface area (Å²) in [7, 11) is 0. The van der Waals surface area contributed by atoms with Crippen molar-refractivity contribution in [2.24, 2.45) is 5.73 Å². The second kappa shape index (κ2) is 7.87. The van der Waals surface area contributed by atoms with Crippen molar-refractivity contribution >= 4 is 40.9 Å². The van der Waals surface area contributed by atoms with Gasteiger partial charge in [0.25, 0.3) is 5.91 Å². The Balaban J connectivity index is 2.01. The monoisotopic (exact) mass is 397 g/mol. The van der Waals surface area contributed by atoms with Gasteiger partial charge in [-0.3, -0.25) is 14.5 Å². The van der Waals surface area contributed by atoms with Gasteiger partial charge in [0.15, 0.2) is 0 Å². The Morgan fingerprint density at radius 1 is 1.22 bits per heavy atom. The van der Waals surface area contributed by atoms with Crippen molar-refractivity contribution in [3.8, 4) is 6.07 Å². The Bertz CT molecular complexity index is 962. The van der Waals surface area contributed by atoms with Crippen LogP contribution < -0.4 is 10.6 Å². The minimum Gasteiger partial charge on any atom is -0.365 e. The van der Waals surface area contributed by atoms with E-state index < -0.39 is 11.2 Å². The van der Waals surface area contributed by atoms with Gasteiger partial charge in [-0.05, 0) is 43.2 Å². The molecule has 0 bridgehead atoms. The second-order valence-corrected chi connectivity index (χ2v) is 7.73. The zero-order chi connectivity index (χ0) is 19.6. The summed E-state index contributed by atoms with van der Waals surface area (Å²) < 4.78 is 0. The number of thioether (sulfide) groups is 1. The number of rotatable bonds is 4. The molecule has 0 saturated carbocycles. The van der Waals surface area contributed by atoms with Gasteiger partial charge >= 0.3 is 0 Å². The summed E-state index contributed by atoms with van der Waals surface area (Å²) in [4.78, 5) is 26.2. The number of benzene rings is 2. The molecule has 1 fully saturated rings. The third-order valence-corrected chi connectivity index (χ3v) is 5.67. The summed E-state index contributed by atoms with van der Waals surface area (Å²) in [6, 6.07) is 16.4. The normalized spacial score (nSPS) is 18.3. The predicted molar refractivity (Wildman–Crippen MR) is 107 cm³/mol. The Labute approximate surface area is 166 Å². The average Bonchev–Trinajstić information content (AvgIpc) is 2.94. The van der Waals surface area contributed by atoms with Gasteiger partial charge in [0, 0.05) is 10.7 Å². The molecule has 1 atom stereocenters. The molecule has 0 spiro atoms. The van der Waals surface area contributed by atoms with Gasteiger partial charge in [-0.2, -0.15) is 5.26 Å². The third kappa shape index (κ3) is 4.00.